The highest BCUT2D eigenvalue weighted by Gasteiger charge is 2.35. The van der Waals surface area contributed by atoms with E-state index in [1.165, 1.54) is 16.2 Å². The zero-order valence-corrected chi connectivity index (χ0v) is 20.0. The number of rotatable bonds is 8. The van der Waals surface area contributed by atoms with Gasteiger partial charge in [-0.2, -0.15) is 0 Å². The van der Waals surface area contributed by atoms with E-state index in [2.05, 4.69) is 10.3 Å². The smallest absolute Gasteiger partial charge is 0.271 e. The van der Waals surface area contributed by atoms with E-state index in [1.807, 2.05) is 37.3 Å². The average Bonchev–Trinajstić information content (AvgIpc) is 3.50. The molecular formula is C26H25N3O4S. The number of carbonyl (C=O) groups is 2. The summed E-state index contributed by atoms with van der Waals surface area (Å²) in [6, 6.07) is 19.0. The minimum atomic E-state index is -0.933. The van der Waals surface area contributed by atoms with E-state index in [0.29, 0.717) is 33.3 Å². The van der Waals surface area contributed by atoms with Crippen molar-refractivity contribution in [3.05, 3.63) is 99.9 Å². The predicted molar refractivity (Wildman–Crippen MR) is 131 cm³/mol. The highest BCUT2D eigenvalue weighted by molar-refractivity contribution is 7.13. The Hall–Kier alpha value is -3.91. The van der Waals surface area contributed by atoms with Crippen LogP contribution in [0, 0.1) is 13.8 Å². The molecule has 0 fully saturated rings. The number of nitrogens with zero attached hydrogens (tertiary/aromatic N) is 2. The summed E-state index contributed by atoms with van der Waals surface area (Å²) in [5, 5.41) is 3.70. The SMILES string of the molecule is COc1cccc(N(C(=O)c2sc(C)nc2C)[C@@H](C(=O)NCc2ccco2)c2ccccc2)c1. The Balaban J connectivity index is 1.82. The Labute approximate surface area is 202 Å². The van der Waals surface area contributed by atoms with Gasteiger partial charge in [-0.05, 0) is 43.7 Å². The molecule has 1 atom stereocenters. The zero-order valence-electron chi connectivity index (χ0n) is 19.1. The molecule has 34 heavy (non-hydrogen) atoms. The number of anilines is 1. The normalized spacial score (nSPS) is 11.6. The molecule has 1 N–H and O–H groups in total. The van der Waals surface area contributed by atoms with Crippen LogP contribution in [0.15, 0.2) is 77.4 Å². The van der Waals surface area contributed by atoms with Crippen molar-refractivity contribution < 1.29 is 18.7 Å². The first-order valence-electron chi connectivity index (χ1n) is 10.7. The minimum Gasteiger partial charge on any atom is -0.497 e. The van der Waals surface area contributed by atoms with Crippen molar-refractivity contribution in [1.82, 2.24) is 10.3 Å². The first-order chi connectivity index (χ1) is 16.5. The maximum absolute atomic E-state index is 14.0. The molecule has 0 unspecified atom stereocenters. The lowest BCUT2D eigenvalue weighted by atomic mass is 10.0. The fourth-order valence-electron chi connectivity index (χ4n) is 3.72. The van der Waals surface area contributed by atoms with Gasteiger partial charge in [-0.1, -0.05) is 36.4 Å². The summed E-state index contributed by atoms with van der Waals surface area (Å²) < 4.78 is 10.8. The topological polar surface area (TPSA) is 84.7 Å². The Morgan fingerprint density at radius 1 is 1.09 bits per heavy atom. The Bertz CT molecular complexity index is 1270. The molecule has 0 radical (unpaired) electrons. The lowest BCUT2D eigenvalue weighted by molar-refractivity contribution is -0.122. The van der Waals surface area contributed by atoms with Crippen LogP contribution >= 0.6 is 11.3 Å². The van der Waals surface area contributed by atoms with Crippen LogP contribution in [-0.4, -0.2) is 23.9 Å². The van der Waals surface area contributed by atoms with E-state index in [4.69, 9.17) is 9.15 Å². The molecule has 2 heterocycles. The molecule has 4 rings (SSSR count). The molecule has 0 aliphatic rings. The molecule has 2 amide bonds. The fraction of sp³-hybridized carbons (Fsp3) is 0.192. The van der Waals surface area contributed by atoms with Crippen molar-refractivity contribution >= 4 is 28.8 Å². The van der Waals surface area contributed by atoms with Gasteiger partial charge in [0.1, 0.15) is 22.4 Å². The summed E-state index contributed by atoms with van der Waals surface area (Å²) in [7, 11) is 1.56. The number of aromatic nitrogens is 1. The van der Waals surface area contributed by atoms with E-state index < -0.39 is 6.04 Å². The number of furan rings is 1. The van der Waals surface area contributed by atoms with E-state index in [0.717, 1.165) is 5.01 Å². The van der Waals surface area contributed by atoms with Gasteiger partial charge in [-0.25, -0.2) is 4.98 Å². The number of thiazole rings is 1. The molecule has 4 aromatic rings. The maximum Gasteiger partial charge on any atom is 0.271 e. The van der Waals surface area contributed by atoms with Crippen LogP contribution < -0.4 is 15.0 Å². The molecule has 2 aromatic heterocycles. The fourth-order valence-corrected chi connectivity index (χ4v) is 4.58. The second kappa shape index (κ2) is 10.4. The van der Waals surface area contributed by atoms with Crippen LogP contribution in [0.1, 0.15) is 37.7 Å². The first-order valence-corrected chi connectivity index (χ1v) is 11.6. The van der Waals surface area contributed by atoms with Gasteiger partial charge >= 0.3 is 0 Å². The summed E-state index contributed by atoms with van der Waals surface area (Å²) in [4.78, 5) is 34.0. The van der Waals surface area contributed by atoms with Crippen molar-refractivity contribution in [2.75, 3.05) is 12.0 Å². The van der Waals surface area contributed by atoms with E-state index in [-0.39, 0.29) is 18.4 Å². The molecule has 7 nitrogen and oxygen atoms in total. The molecule has 0 aliphatic carbocycles. The first kappa shape index (κ1) is 23.3. The van der Waals surface area contributed by atoms with Gasteiger partial charge in [0.25, 0.3) is 5.91 Å². The Kier molecular flexibility index (Phi) is 7.08. The maximum atomic E-state index is 14.0. The van der Waals surface area contributed by atoms with Gasteiger partial charge in [0.05, 0.1) is 30.6 Å². The molecule has 0 saturated carbocycles. The molecule has 174 valence electrons. The zero-order chi connectivity index (χ0) is 24.1. The summed E-state index contributed by atoms with van der Waals surface area (Å²) in [5.41, 5.74) is 1.84. The van der Waals surface area contributed by atoms with Gasteiger partial charge in [0, 0.05) is 11.8 Å². The molecule has 0 aliphatic heterocycles. The number of nitrogens with one attached hydrogen (secondary N) is 1. The molecular weight excluding hydrogens is 450 g/mol. The lowest BCUT2D eigenvalue weighted by Gasteiger charge is -2.31. The number of carbonyl (C=O) groups excluding carboxylic acids is 2. The number of methoxy groups -OCH3 is 1. The summed E-state index contributed by atoms with van der Waals surface area (Å²) in [5.74, 6) is 0.555. The van der Waals surface area contributed by atoms with Crippen LogP contribution in [-0.2, 0) is 11.3 Å². The second-order valence-corrected chi connectivity index (χ2v) is 8.84. The van der Waals surface area contributed by atoms with Crippen LogP contribution in [0.4, 0.5) is 5.69 Å². The standard InChI is InChI=1S/C26H25N3O4S/c1-17-24(34-18(2)28-17)26(31)29(20-11-7-12-21(15-20)32-3)23(19-9-5-4-6-10-19)25(30)27-16-22-13-8-14-33-22/h4-15,23H,16H2,1-3H3,(H,27,30)/t23-/m1/s1. The third kappa shape index (κ3) is 5.02. The molecule has 2 aromatic carbocycles. The molecule has 0 spiro atoms. The Morgan fingerprint density at radius 2 is 1.88 bits per heavy atom. The number of ether oxygens (including phenoxy) is 1. The van der Waals surface area contributed by atoms with Crippen molar-refractivity contribution in [2.24, 2.45) is 0 Å². The minimum absolute atomic E-state index is 0.202. The second-order valence-electron chi connectivity index (χ2n) is 7.63. The van der Waals surface area contributed by atoms with E-state index in [9.17, 15) is 9.59 Å². The predicted octanol–water partition coefficient (Wildman–Crippen LogP) is 5.07. The molecule has 8 heteroatoms. The number of hydrogen-bond acceptors (Lipinski definition) is 6. The van der Waals surface area contributed by atoms with Crippen LogP contribution in [0.5, 0.6) is 5.75 Å². The van der Waals surface area contributed by atoms with E-state index >= 15 is 0 Å². The number of benzene rings is 2. The monoisotopic (exact) mass is 475 g/mol. The van der Waals surface area contributed by atoms with Crippen molar-refractivity contribution in [3.8, 4) is 5.75 Å². The average molecular weight is 476 g/mol. The van der Waals surface area contributed by atoms with Crippen molar-refractivity contribution in [3.63, 3.8) is 0 Å². The van der Waals surface area contributed by atoms with Crippen molar-refractivity contribution in [2.45, 2.75) is 26.4 Å². The summed E-state index contributed by atoms with van der Waals surface area (Å²) >= 11 is 1.31. The van der Waals surface area contributed by atoms with Gasteiger partial charge in [0.15, 0.2) is 0 Å². The largest absolute Gasteiger partial charge is 0.497 e. The van der Waals surface area contributed by atoms with E-state index in [1.54, 1.807) is 56.7 Å². The lowest BCUT2D eigenvalue weighted by Crippen LogP contribution is -2.44. The summed E-state index contributed by atoms with van der Waals surface area (Å²) in [6.45, 7) is 3.86. The highest BCUT2D eigenvalue weighted by atomic mass is 32.1. The van der Waals surface area contributed by atoms with Gasteiger partial charge in [0.2, 0.25) is 5.91 Å². The quantitative estimate of drug-likeness (QED) is 0.385. The third-order valence-corrected chi connectivity index (χ3v) is 6.35. The molecule has 0 saturated heterocycles. The van der Waals surface area contributed by atoms with Gasteiger partial charge in [-0.3, -0.25) is 14.5 Å². The Morgan fingerprint density at radius 3 is 2.53 bits per heavy atom. The summed E-state index contributed by atoms with van der Waals surface area (Å²) in [6.07, 6.45) is 1.55. The van der Waals surface area contributed by atoms with Crippen molar-refractivity contribution in [1.29, 1.82) is 0 Å². The van der Waals surface area contributed by atoms with Crippen LogP contribution in [0.2, 0.25) is 0 Å². The van der Waals surface area contributed by atoms with Crippen LogP contribution in [0.3, 0.4) is 0 Å². The van der Waals surface area contributed by atoms with Crippen LogP contribution in [0.25, 0.3) is 0 Å². The van der Waals surface area contributed by atoms with Gasteiger partial charge < -0.3 is 14.5 Å². The number of amides is 2. The highest BCUT2D eigenvalue weighted by Crippen LogP contribution is 2.33. The number of aryl methyl sites for hydroxylation is 2. The van der Waals surface area contributed by atoms with Gasteiger partial charge in [-0.15, -0.1) is 11.3 Å². The third-order valence-electron chi connectivity index (χ3n) is 5.29. The molecule has 0 bridgehead atoms. The number of hydrogen-bond donors (Lipinski definition) is 1.